The first-order valence-electron chi connectivity index (χ1n) is 7.80. The average Bonchev–Trinajstić information content (AvgIpc) is 3.17. The highest BCUT2D eigenvalue weighted by atomic mass is 35.5. The lowest BCUT2D eigenvalue weighted by molar-refractivity contribution is 0.103. The summed E-state index contributed by atoms with van der Waals surface area (Å²) in [6, 6.07) is 6.12. The van der Waals surface area contributed by atoms with E-state index < -0.39 is 9.84 Å². The molecule has 0 saturated carbocycles. The number of halogens is 2. The Morgan fingerprint density at radius 2 is 1.96 bits per heavy atom. The van der Waals surface area contributed by atoms with Crippen molar-refractivity contribution in [1.82, 2.24) is 15.0 Å². The third-order valence-electron chi connectivity index (χ3n) is 3.38. The largest absolute Gasteiger partial charge is 0.368 e. The Balaban J connectivity index is 0.000000273. The molecule has 0 saturated heterocycles. The van der Waals surface area contributed by atoms with Crippen molar-refractivity contribution in [3.8, 4) is 0 Å². The molecule has 0 fully saturated rings. The zero-order valence-electron chi connectivity index (χ0n) is 15.0. The van der Waals surface area contributed by atoms with E-state index in [-0.39, 0.29) is 22.5 Å². The lowest BCUT2D eigenvalue weighted by Gasteiger charge is -2.00. The van der Waals surface area contributed by atoms with Gasteiger partial charge in [-0.15, -0.1) is 11.3 Å². The number of aromatic nitrogens is 3. The highest BCUT2D eigenvalue weighted by molar-refractivity contribution is 7.90. The lowest BCUT2D eigenvalue weighted by atomic mass is 10.4. The molecule has 0 aliphatic carbocycles. The van der Waals surface area contributed by atoms with Crippen molar-refractivity contribution >= 4 is 32.8 Å². The van der Waals surface area contributed by atoms with Gasteiger partial charge in [-0.1, -0.05) is 23.7 Å². The van der Waals surface area contributed by atoms with Crippen LogP contribution in [0.25, 0.3) is 0 Å². The number of rotatable bonds is 5. The van der Waals surface area contributed by atoms with Gasteiger partial charge in [0.1, 0.15) is 18.2 Å². The average molecular weight is 432 g/mol. The van der Waals surface area contributed by atoms with E-state index in [9.17, 15) is 12.8 Å². The van der Waals surface area contributed by atoms with Gasteiger partial charge in [0.25, 0.3) is 0 Å². The summed E-state index contributed by atoms with van der Waals surface area (Å²) < 4.78 is 40.6. The number of thiazole rings is 1. The molecule has 1 aromatic carbocycles. The van der Waals surface area contributed by atoms with E-state index >= 15 is 0 Å². The number of nitrogens with one attached hydrogen (secondary N) is 1. The van der Waals surface area contributed by atoms with Gasteiger partial charge < -0.3 is 9.72 Å². The molecule has 2 heterocycles. The zero-order valence-corrected chi connectivity index (χ0v) is 17.4. The number of nitrogens with zero attached hydrogens (tertiary/aromatic N) is 2. The molecule has 146 valence electrons. The fraction of sp³-hybridized carbons (Fsp3) is 0.294. The lowest BCUT2D eigenvalue weighted by Crippen LogP contribution is -2.00. The van der Waals surface area contributed by atoms with Crippen molar-refractivity contribution in [2.75, 3.05) is 6.26 Å². The summed E-state index contributed by atoms with van der Waals surface area (Å²) in [4.78, 5) is 12.2. The van der Waals surface area contributed by atoms with Crippen LogP contribution >= 0.6 is 22.9 Å². The molecule has 27 heavy (non-hydrogen) atoms. The molecule has 0 aliphatic heterocycles. The second-order valence-corrected chi connectivity index (χ2v) is 8.93. The van der Waals surface area contributed by atoms with Crippen molar-refractivity contribution in [2.45, 2.75) is 32.1 Å². The Bertz CT molecular complexity index is 982. The van der Waals surface area contributed by atoms with Gasteiger partial charge >= 0.3 is 0 Å². The van der Waals surface area contributed by atoms with Gasteiger partial charge in [-0.3, -0.25) is 0 Å². The van der Waals surface area contributed by atoms with E-state index in [1.807, 2.05) is 6.92 Å². The van der Waals surface area contributed by atoms with Gasteiger partial charge in [-0.05, 0) is 26.0 Å². The van der Waals surface area contributed by atoms with E-state index in [0.717, 1.165) is 16.8 Å². The van der Waals surface area contributed by atoms with Gasteiger partial charge in [0, 0.05) is 6.26 Å². The Morgan fingerprint density at radius 3 is 2.44 bits per heavy atom. The van der Waals surface area contributed by atoms with Crippen LogP contribution in [0.4, 0.5) is 4.39 Å². The topological polar surface area (TPSA) is 84.9 Å². The smallest absolute Gasteiger partial charge is 0.194 e. The van der Waals surface area contributed by atoms with Crippen LogP contribution in [0.15, 0.2) is 34.8 Å². The SMILES string of the molecule is Cc1ncsc1COCc1nc(S(C)(=O)=O)c(C)[nH]1.Fc1ccccc1Cl. The van der Waals surface area contributed by atoms with E-state index in [4.69, 9.17) is 16.3 Å². The minimum Gasteiger partial charge on any atom is -0.368 e. The first-order chi connectivity index (χ1) is 12.7. The number of H-pyrrole nitrogens is 1. The number of aromatic amines is 1. The van der Waals surface area contributed by atoms with Crippen molar-refractivity contribution in [2.24, 2.45) is 0 Å². The summed E-state index contributed by atoms with van der Waals surface area (Å²) in [6.45, 7) is 4.30. The van der Waals surface area contributed by atoms with Crippen LogP contribution < -0.4 is 0 Å². The number of imidazole rings is 1. The van der Waals surface area contributed by atoms with Crippen LogP contribution in [-0.2, 0) is 27.8 Å². The molecule has 10 heteroatoms. The summed E-state index contributed by atoms with van der Waals surface area (Å²) in [5.41, 5.74) is 3.26. The Kier molecular flexibility index (Phi) is 7.49. The van der Waals surface area contributed by atoms with Gasteiger partial charge in [0.2, 0.25) is 0 Å². The molecule has 6 nitrogen and oxygen atoms in total. The van der Waals surface area contributed by atoms with Gasteiger partial charge in [0.15, 0.2) is 14.9 Å². The second-order valence-electron chi connectivity index (χ2n) is 5.65. The van der Waals surface area contributed by atoms with Crippen molar-refractivity contribution < 1.29 is 17.5 Å². The summed E-state index contributed by atoms with van der Waals surface area (Å²) in [7, 11) is -3.29. The molecule has 0 bridgehead atoms. The normalized spacial score (nSPS) is 11.1. The maximum absolute atomic E-state index is 12.2. The molecule has 2 aromatic heterocycles. The third kappa shape index (κ3) is 6.39. The molecule has 3 rings (SSSR count). The molecule has 0 spiro atoms. The van der Waals surface area contributed by atoms with Crippen LogP contribution in [0, 0.1) is 19.7 Å². The predicted molar refractivity (Wildman–Crippen MR) is 103 cm³/mol. The van der Waals surface area contributed by atoms with E-state index in [2.05, 4.69) is 15.0 Å². The van der Waals surface area contributed by atoms with Gasteiger partial charge in [-0.25, -0.2) is 22.8 Å². The zero-order chi connectivity index (χ0) is 20.0. The van der Waals surface area contributed by atoms with E-state index in [1.54, 1.807) is 24.6 Å². The van der Waals surface area contributed by atoms with Crippen LogP contribution in [0.2, 0.25) is 5.02 Å². The monoisotopic (exact) mass is 431 g/mol. The number of sulfone groups is 1. The number of benzene rings is 1. The van der Waals surface area contributed by atoms with Crippen molar-refractivity contribution in [3.63, 3.8) is 0 Å². The molecule has 1 N–H and O–H groups in total. The maximum atomic E-state index is 12.2. The standard InChI is InChI=1S/C11H15N3O3S2.C6H4ClF/c1-7-9(18-6-12-7)4-17-5-10-13-8(2)11(14-10)19(3,15)16;7-5-3-1-2-4-6(5)8/h6H,4-5H2,1-3H3,(H,13,14);1-4H. The molecule has 0 unspecified atom stereocenters. The van der Waals surface area contributed by atoms with Crippen LogP contribution in [-0.4, -0.2) is 29.6 Å². The number of ether oxygens (including phenoxy) is 1. The Labute approximate surface area is 166 Å². The van der Waals surface area contributed by atoms with Crippen LogP contribution in [0.5, 0.6) is 0 Å². The molecule has 0 radical (unpaired) electrons. The fourth-order valence-corrected chi connectivity index (χ4v) is 3.81. The first kappa shape index (κ1) is 21.5. The molecule has 0 aliphatic rings. The minimum atomic E-state index is -3.29. The molecular formula is C17H19ClFN3O3S2. The van der Waals surface area contributed by atoms with Gasteiger partial charge in [-0.2, -0.15) is 0 Å². The van der Waals surface area contributed by atoms with Crippen molar-refractivity contribution in [3.05, 3.63) is 62.7 Å². The highest BCUT2D eigenvalue weighted by Gasteiger charge is 2.16. The summed E-state index contributed by atoms with van der Waals surface area (Å²) in [5, 5.41) is 0.257. The molecular weight excluding hydrogens is 413 g/mol. The highest BCUT2D eigenvalue weighted by Crippen LogP contribution is 2.16. The van der Waals surface area contributed by atoms with Crippen LogP contribution in [0.3, 0.4) is 0 Å². The molecule has 0 atom stereocenters. The fourth-order valence-electron chi connectivity index (χ4n) is 2.08. The Hall–Kier alpha value is -1.81. The first-order valence-corrected chi connectivity index (χ1v) is 11.0. The molecule has 3 aromatic rings. The number of hydrogen-bond donors (Lipinski definition) is 1. The van der Waals surface area contributed by atoms with Gasteiger partial charge in [0.05, 0.1) is 33.4 Å². The number of aryl methyl sites for hydroxylation is 2. The van der Waals surface area contributed by atoms with Crippen molar-refractivity contribution in [1.29, 1.82) is 0 Å². The minimum absolute atomic E-state index is 0.0834. The second kappa shape index (κ2) is 9.41. The summed E-state index contributed by atoms with van der Waals surface area (Å²) in [6.07, 6.45) is 1.14. The quantitative estimate of drug-likeness (QED) is 0.657. The third-order valence-corrected chi connectivity index (χ3v) is 5.70. The maximum Gasteiger partial charge on any atom is 0.194 e. The number of hydrogen-bond acceptors (Lipinski definition) is 6. The van der Waals surface area contributed by atoms with Crippen LogP contribution in [0.1, 0.15) is 22.1 Å². The molecule has 0 amide bonds. The summed E-state index contributed by atoms with van der Waals surface area (Å²) >= 11 is 6.87. The summed E-state index contributed by atoms with van der Waals surface area (Å²) in [5.74, 6) is 0.147. The Morgan fingerprint density at radius 1 is 1.26 bits per heavy atom. The predicted octanol–water partition coefficient (Wildman–Crippen LogP) is 4.08. The van der Waals surface area contributed by atoms with E-state index in [1.165, 1.54) is 23.5 Å². The van der Waals surface area contributed by atoms with E-state index in [0.29, 0.717) is 18.1 Å².